The first kappa shape index (κ1) is 16.0. The molecule has 4 rings (SSSR count). The molecule has 0 bridgehead atoms. The summed E-state index contributed by atoms with van der Waals surface area (Å²) >= 11 is 1.76. The number of hydrogen-bond acceptors (Lipinski definition) is 6. The fourth-order valence-corrected chi connectivity index (χ4v) is 4.35. The van der Waals surface area contributed by atoms with Gasteiger partial charge in [0.15, 0.2) is 0 Å². The lowest BCUT2D eigenvalue weighted by molar-refractivity contribution is 0.281. The Bertz CT molecular complexity index is 696. The predicted octanol–water partition coefficient (Wildman–Crippen LogP) is 3.08. The lowest BCUT2D eigenvalue weighted by Gasteiger charge is -2.22. The quantitative estimate of drug-likeness (QED) is 0.806. The third-order valence-corrected chi connectivity index (χ3v) is 5.96. The van der Waals surface area contributed by atoms with Crippen molar-refractivity contribution in [1.29, 1.82) is 0 Å². The van der Waals surface area contributed by atoms with Crippen LogP contribution >= 0.6 is 11.3 Å². The Morgan fingerprint density at radius 2 is 2.17 bits per heavy atom. The minimum Gasteiger partial charge on any atom is -0.356 e. The minimum atomic E-state index is 0.622. The van der Waals surface area contributed by atoms with Crippen molar-refractivity contribution in [3.63, 3.8) is 0 Å². The SMILES string of the molecule is Cc1ncsc1CN(C)C[C@H]1CCN(c2ccnc(C3CC3)n2)C1. The molecule has 1 aliphatic carbocycles. The van der Waals surface area contributed by atoms with Gasteiger partial charge in [-0.1, -0.05) is 0 Å². The van der Waals surface area contributed by atoms with Gasteiger partial charge >= 0.3 is 0 Å². The van der Waals surface area contributed by atoms with Gasteiger partial charge in [-0.05, 0) is 45.2 Å². The van der Waals surface area contributed by atoms with Gasteiger partial charge in [0.1, 0.15) is 11.6 Å². The van der Waals surface area contributed by atoms with Crippen molar-refractivity contribution in [3.05, 3.63) is 34.2 Å². The second kappa shape index (κ2) is 6.76. The molecule has 0 unspecified atom stereocenters. The molecule has 0 radical (unpaired) electrons. The topological polar surface area (TPSA) is 45.2 Å². The smallest absolute Gasteiger partial charge is 0.133 e. The van der Waals surface area contributed by atoms with Gasteiger partial charge in [-0.2, -0.15) is 0 Å². The molecule has 2 fully saturated rings. The van der Waals surface area contributed by atoms with Gasteiger partial charge in [0, 0.05) is 43.2 Å². The zero-order chi connectivity index (χ0) is 16.5. The molecule has 0 spiro atoms. The Hall–Kier alpha value is -1.53. The summed E-state index contributed by atoms with van der Waals surface area (Å²) < 4.78 is 0. The Labute approximate surface area is 147 Å². The third kappa shape index (κ3) is 3.59. The molecule has 2 aromatic heterocycles. The van der Waals surface area contributed by atoms with E-state index in [4.69, 9.17) is 4.98 Å². The van der Waals surface area contributed by atoms with Crippen LogP contribution in [0.5, 0.6) is 0 Å². The van der Waals surface area contributed by atoms with Crippen LogP contribution in [0.4, 0.5) is 5.82 Å². The lowest BCUT2D eigenvalue weighted by Crippen LogP contribution is -2.28. The first-order chi connectivity index (χ1) is 11.7. The number of rotatable bonds is 6. The van der Waals surface area contributed by atoms with Gasteiger partial charge < -0.3 is 9.80 Å². The Kier molecular flexibility index (Phi) is 4.50. The minimum absolute atomic E-state index is 0.622. The molecule has 0 aromatic carbocycles. The molecule has 3 heterocycles. The number of nitrogens with zero attached hydrogens (tertiary/aromatic N) is 5. The van der Waals surface area contributed by atoms with E-state index in [1.807, 2.05) is 11.7 Å². The summed E-state index contributed by atoms with van der Waals surface area (Å²) in [7, 11) is 2.22. The van der Waals surface area contributed by atoms with Crippen LogP contribution in [-0.2, 0) is 6.54 Å². The highest BCUT2D eigenvalue weighted by molar-refractivity contribution is 7.09. The maximum Gasteiger partial charge on any atom is 0.133 e. The molecule has 1 aliphatic heterocycles. The van der Waals surface area contributed by atoms with Gasteiger partial charge in [0.25, 0.3) is 0 Å². The summed E-state index contributed by atoms with van der Waals surface area (Å²) in [5.41, 5.74) is 3.12. The molecule has 0 amide bonds. The van der Waals surface area contributed by atoms with Crippen molar-refractivity contribution < 1.29 is 0 Å². The molecule has 1 saturated carbocycles. The van der Waals surface area contributed by atoms with Crippen molar-refractivity contribution in [2.45, 2.75) is 38.6 Å². The van der Waals surface area contributed by atoms with Crippen LogP contribution in [0, 0.1) is 12.8 Å². The van der Waals surface area contributed by atoms with E-state index >= 15 is 0 Å². The summed E-state index contributed by atoms with van der Waals surface area (Å²) in [6.45, 7) is 6.45. The van der Waals surface area contributed by atoms with Crippen LogP contribution in [0.15, 0.2) is 17.8 Å². The molecule has 2 aliphatic rings. The molecular weight excluding hydrogens is 318 g/mol. The van der Waals surface area contributed by atoms with E-state index < -0.39 is 0 Å². The van der Waals surface area contributed by atoms with Gasteiger partial charge in [-0.25, -0.2) is 15.0 Å². The molecule has 24 heavy (non-hydrogen) atoms. The van der Waals surface area contributed by atoms with Crippen molar-refractivity contribution in [2.24, 2.45) is 5.92 Å². The summed E-state index contributed by atoms with van der Waals surface area (Å²) in [6.07, 6.45) is 5.69. The standard InChI is InChI=1S/C18H25N5S/c1-13-16(24-12-20-13)11-22(2)9-14-6-8-23(10-14)17-5-7-19-18(21-17)15-3-4-15/h5,7,12,14-15H,3-4,6,8-11H2,1-2H3/t14-/m1/s1. The first-order valence-corrected chi connectivity index (χ1v) is 9.72. The van der Waals surface area contributed by atoms with E-state index in [1.165, 1.54) is 29.8 Å². The highest BCUT2D eigenvalue weighted by atomic mass is 32.1. The first-order valence-electron chi connectivity index (χ1n) is 8.84. The zero-order valence-electron chi connectivity index (χ0n) is 14.5. The summed E-state index contributed by atoms with van der Waals surface area (Å²) in [5, 5.41) is 0. The van der Waals surface area contributed by atoms with E-state index in [0.29, 0.717) is 11.8 Å². The van der Waals surface area contributed by atoms with E-state index in [9.17, 15) is 0 Å². The fourth-order valence-electron chi connectivity index (χ4n) is 3.50. The monoisotopic (exact) mass is 343 g/mol. The Morgan fingerprint density at radius 3 is 2.92 bits per heavy atom. The molecule has 6 heteroatoms. The number of aryl methyl sites for hydroxylation is 1. The maximum atomic E-state index is 4.80. The Balaban J connectivity index is 1.33. The highest BCUT2D eigenvalue weighted by Crippen LogP contribution is 2.38. The number of anilines is 1. The largest absolute Gasteiger partial charge is 0.356 e. The van der Waals surface area contributed by atoms with E-state index in [2.05, 4.69) is 39.8 Å². The lowest BCUT2D eigenvalue weighted by atomic mass is 10.1. The van der Waals surface area contributed by atoms with Crippen LogP contribution in [-0.4, -0.2) is 46.5 Å². The number of aromatic nitrogens is 3. The van der Waals surface area contributed by atoms with Crippen molar-refractivity contribution in [2.75, 3.05) is 31.6 Å². The zero-order valence-corrected chi connectivity index (χ0v) is 15.3. The third-order valence-electron chi connectivity index (χ3n) is 5.04. The molecule has 1 atom stereocenters. The maximum absolute atomic E-state index is 4.80. The van der Waals surface area contributed by atoms with E-state index in [-0.39, 0.29) is 0 Å². The molecule has 2 aromatic rings. The predicted molar refractivity (Wildman–Crippen MR) is 97.5 cm³/mol. The molecule has 0 N–H and O–H groups in total. The van der Waals surface area contributed by atoms with Crippen molar-refractivity contribution >= 4 is 17.2 Å². The van der Waals surface area contributed by atoms with Crippen molar-refractivity contribution in [1.82, 2.24) is 19.9 Å². The van der Waals surface area contributed by atoms with Gasteiger partial charge in [-0.3, -0.25) is 0 Å². The second-order valence-corrected chi connectivity index (χ2v) is 8.15. The van der Waals surface area contributed by atoms with Crippen molar-refractivity contribution in [3.8, 4) is 0 Å². The van der Waals surface area contributed by atoms with Crippen LogP contribution in [0.1, 0.15) is 41.6 Å². The van der Waals surface area contributed by atoms with E-state index in [1.54, 1.807) is 11.3 Å². The summed E-state index contributed by atoms with van der Waals surface area (Å²) in [6, 6.07) is 2.07. The molecule has 5 nitrogen and oxygen atoms in total. The summed E-state index contributed by atoms with van der Waals surface area (Å²) in [4.78, 5) is 19.8. The molecule has 1 saturated heterocycles. The summed E-state index contributed by atoms with van der Waals surface area (Å²) in [5.74, 6) is 3.50. The normalized spacial score (nSPS) is 21.0. The molecular formula is C18H25N5S. The van der Waals surface area contributed by atoms with Gasteiger partial charge in [-0.15, -0.1) is 11.3 Å². The van der Waals surface area contributed by atoms with E-state index in [0.717, 1.165) is 37.8 Å². The average Bonchev–Trinajstić information content (AvgIpc) is 3.22. The van der Waals surface area contributed by atoms with Gasteiger partial charge in [0.2, 0.25) is 0 Å². The van der Waals surface area contributed by atoms with Crippen LogP contribution in [0.3, 0.4) is 0 Å². The highest BCUT2D eigenvalue weighted by Gasteiger charge is 2.29. The van der Waals surface area contributed by atoms with Crippen LogP contribution in [0.25, 0.3) is 0 Å². The van der Waals surface area contributed by atoms with Crippen LogP contribution in [0.2, 0.25) is 0 Å². The Morgan fingerprint density at radius 1 is 1.29 bits per heavy atom. The fraction of sp³-hybridized carbons (Fsp3) is 0.611. The molecule has 128 valence electrons. The van der Waals surface area contributed by atoms with Crippen LogP contribution < -0.4 is 4.90 Å². The average molecular weight is 344 g/mol. The number of thiazole rings is 1. The number of hydrogen-bond donors (Lipinski definition) is 0. The van der Waals surface area contributed by atoms with Gasteiger partial charge in [0.05, 0.1) is 11.2 Å². The second-order valence-electron chi connectivity index (χ2n) is 7.21.